The molecule has 0 aliphatic heterocycles. The minimum Gasteiger partial charge on any atom is -0.462 e. The van der Waals surface area contributed by atoms with E-state index in [1.54, 1.807) is 25.1 Å². The molecule has 0 atom stereocenters. The highest BCUT2D eigenvalue weighted by Crippen LogP contribution is 2.21. The van der Waals surface area contributed by atoms with Gasteiger partial charge in [-0.15, -0.1) is 0 Å². The number of Topliss-reactive ketones (excluding diaryl/α,β-unsaturated/α-hetero) is 1. The number of allylic oxidation sites excluding steroid dienone is 1. The number of fused-ring (bicyclic) bond motifs is 1. The van der Waals surface area contributed by atoms with Crippen LogP contribution in [0.3, 0.4) is 0 Å². The molecule has 86 valence electrons. The largest absolute Gasteiger partial charge is 0.462 e. The first kappa shape index (κ1) is 11.3. The second kappa shape index (κ2) is 4.33. The Hall–Kier alpha value is -2.23. The Bertz CT molecular complexity index is 540. The molecule has 2 rings (SSSR count). The predicted octanol–water partition coefficient (Wildman–Crippen LogP) is 1.56. The summed E-state index contributed by atoms with van der Waals surface area (Å²) in [5, 5.41) is 0. The normalized spacial score (nSPS) is 14.1. The number of benzene rings is 1. The lowest BCUT2D eigenvalue weighted by Gasteiger charge is -2.13. The summed E-state index contributed by atoms with van der Waals surface area (Å²) in [7, 11) is 0. The van der Waals surface area contributed by atoms with Gasteiger partial charge in [0.05, 0.1) is 6.61 Å². The van der Waals surface area contributed by atoms with Crippen molar-refractivity contribution in [1.29, 1.82) is 0 Å². The number of carbonyl (C=O) groups excluding carboxylic acids is 3. The minimum atomic E-state index is -0.750. The lowest BCUT2D eigenvalue weighted by molar-refractivity contribution is -0.138. The van der Waals surface area contributed by atoms with Gasteiger partial charge in [0.25, 0.3) is 0 Å². The summed E-state index contributed by atoms with van der Waals surface area (Å²) in [4.78, 5) is 35.2. The van der Waals surface area contributed by atoms with E-state index in [0.29, 0.717) is 5.56 Å². The molecular weight excluding hydrogens is 220 g/mol. The number of ketones is 2. The van der Waals surface area contributed by atoms with Crippen molar-refractivity contribution < 1.29 is 19.1 Å². The van der Waals surface area contributed by atoms with E-state index in [2.05, 4.69) is 0 Å². The lowest BCUT2D eigenvalue weighted by Crippen LogP contribution is -2.23. The molecule has 0 fully saturated rings. The third kappa shape index (κ3) is 1.89. The molecular formula is C13H10O4. The van der Waals surface area contributed by atoms with Gasteiger partial charge in [-0.25, -0.2) is 4.79 Å². The van der Waals surface area contributed by atoms with Gasteiger partial charge in [-0.05, 0) is 6.92 Å². The van der Waals surface area contributed by atoms with E-state index in [9.17, 15) is 14.4 Å². The molecule has 1 aliphatic rings. The van der Waals surface area contributed by atoms with Crippen LogP contribution in [-0.4, -0.2) is 24.1 Å². The van der Waals surface area contributed by atoms with Crippen molar-refractivity contribution in [1.82, 2.24) is 0 Å². The van der Waals surface area contributed by atoms with Crippen molar-refractivity contribution in [2.45, 2.75) is 6.92 Å². The van der Waals surface area contributed by atoms with Gasteiger partial charge in [0.1, 0.15) is 5.57 Å². The van der Waals surface area contributed by atoms with E-state index in [0.717, 1.165) is 6.08 Å². The van der Waals surface area contributed by atoms with E-state index in [1.807, 2.05) is 0 Å². The molecule has 4 heteroatoms. The highest BCUT2D eigenvalue weighted by Gasteiger charge is 2.29. The molecule has 17 heavy (non-hydrogen) atoms. The molecule has 0 saturated heterocycles. The zero-order valence-corrected chi connectivity index (χ0v) is 9.23. The zero-order valence-electron chi connectivity index (χ0n) is 9.23. The molecule has 1 aromatic rings. The van der Waals surface area contributed by atoms with Crippen LogP contribution in [0.25, 0.3) is 0 Å². The van der Waals surface area contributed by atoms with Gasteiger partial charge in [-0.1, -0.05) is 24.3 Å². The first-order chi connectivity index (χ1) is 8.15. The second-order valence-electron chi connectivity index (χ2n) is 3.52. The molecule has 1 aliphatic carbocycles. The van der Waals surface area contributed by atoms with Gasteiger partial charge >= 0.3 is 5.97 Å². The van der Waals surface area contributed by atoms with E-state index < -0.39 is 11.8 Å². The number of esters is 1. The monoisotopic (exact) mass is 230 g/mol. The molecule has 0 heterocycles. The third-order valence-electron chi connectivity index (χ3n) is 2.45. The first-order valence-corrected chi connectivity index (χ1v) is 5.22. The SMILES string of the molecule is CCOC(=O)C1=CC(=O)c2ccccc2C1=O. The Labute approximate surface area is 97.9 Å². The van der Waals surface area contributed by atoms with Crippen molar-refractivity contribution in [3.63, 3.8) is 0 Å². The summed E-state index contributed by atoms with van der Waals surface area (Å²) < 4.78 is 4.73. The van der Waals surface area contributed by atoms with Crippen LogP contribution < -0.4 is 0 Å². The van der Waals surface area contributed by atoms with Crippen LogP contribution in [0.5, 0.6) is 0 Å². The number of hydrogen-bond acceptors (Lipinski definition) is 4. The molecule has 0 saturated carbocycles. The number of ether oxygens (including phenoxy) is 1. The Kier molecular flexibility index (Phi) is 2.87. The second-order valence-corrected chi connectivity index (χ2v) is 3.52. The molecule has 0 bridgehead atoms. The Morgan fingerprint density at radius 1 is 1.18 bits per heavy atom. The highest BCUT2D eigenvalue weighted by atomic mass is 16.5. The standard InChI is InChI=1S/C13H10O4/c1-2-17-13(16)10-7-11(14)8-5-3-4-6-9(8)12(10)15/h3-7H,2H2,1H3. The molecule has 0 N–H and O–H groups in total. The summed E-state index contributed by atoms with van der Waals surface area (Å²) in [5.74, 6) is -1.55. The van der Waals surface area contributed by atoms with Crippen LogP contribution in [0.2, 0.25) is 0 Å². The summed E-state index contributed by atoms with van der Waals surface area (Å²) in [6, 6.07) is 6.42. The maximum atomic E-state index is 12.0. The Morgan fingerprint density at radius 3 is 2.47 bits per heavy atom. The quantitative estimate of drug-likeness (QED) is 0.571. The highest BCUT2D eigenvalue weighted by molar-refractivity contribution is 6.33. The molecule has 0 amide bonds. The molecule has 0 radical (unpaired) electrons. The molecule has 0 unspecified atom stereocenters. The van der Waals surface area contributed by atoms with Gasteiger partial charge in [-0.2, -0.15) is 0 Å². The number of rotatable bonds is 2. The van der Waals surface area contributed by atoms with Gasteiger partial charge in [-0.3, -0.25) is 9.59 Å². The summed E-state index contributed by atoms with van der Waals surface area (Å²) in [5.41, 5.74) is 0.379. The first-order valence-electron chi connectivity index (χ1n) is 5.22. The van der Waals surface area contributed by atoms with Gasteiger partial charge in [0.15, 0.2) is 5.78 Å². The third-order valence-corrected chi connectivity index (χ3v) is 2.45. The summed E-state index contributed by atoms with van der Waals surface area (Å²) >= 11 is 0. The summed E-state index contributed by atoms with van der Waals surface area (Å²) in [6.45, 7) is 1.81. The topological polar surface area (TPSA) is 60.4 Å². The van der Waals surface area contributed by atoms with E-state index in [-0.39, 0.29) is 23.5 Å². The van der Waals surface area contributed by atoms with Gasteiger partial charge in [0.2, 0.25) is 5.78 Å². The molecule has 0 aromatic heterocycles. The molecule has 0 spiro atoms. The maximum Gasteiger partial charge on any atom is 0.342 e. The van der Waals surface area contributed by atoms with Crippen LogP contribution in [0.1, 0.15) is 27.6 Å². The Balaban J connectivity index is 2.45. The van der Waals surface area contributed by atoms with Crippen LogP contribution in [0.4, 0.5) is 0 Å². The van der Waals surface area contributed by atoms with Crippen LogP contribution in [0.15, 0.2) is 35.9 Å². The van der Waals surface area contributed by atoms with Crippen LogP contribution in [-0.2, 0) is 9.53 Å². The minimum absolute atomic E-state index is 0.166. The van der Waals surface area contributed by atoms with Gasteiger partial charge in [0, 0.05) is 17.2 Å². The average Bonchev–Trinajstić information content (AvgIpc) is 2.34. The van der Waals surface area contributed by atoms with Gasteiger partial charge < -0.3 is 4.74 Å². The maximum absolute atomic E-state index is 12.0. The Morgan fingerprint density at radius 2 is 1.82 bits per heavy atom. The number of hydrogen-bond donors (Lipinski definition) is 0. The fraction of sp³-hybridized carbons (Fsp3) is 0.154. The van der Waals surface area contributed by atoms with Crippen molar-refractivity contribution in [3.05, 3.63) is 47.0 Å². The smallest absolute Gasteiger partial charge is 0.342 e. The summed E-state index contributed by atoms with van der Waals surface area (Å²) in [6.07, 6.45) is 1.04. The number of carbonyl (C=O) groups is 3. The predicted molar refractivity (Wildman–Crippen MR) is 59.8 cm³/mol. The molecule has 4 nitrogen and oxygen atoms in total. The van der Waals surface area contributed by atoms with Crippen molar-refractivity contribution in [2.24, 2.45) is 0 Å². The van der Waals surface area contributed by atoms with Crippen molar-refractivity contribution >= 4 is 17.5 Å². The fourth-order valence-corrected chi connectivity index (χ4v) is 1.68. The van der Waals surface area contributed by atoms with E-state index in [4.69, 9.17) is 4.74 Å². The lowest BCUT2D eigenvalue weighted by atomic mass is 9.89. The average molecular weight is 230 g/mol. The van der Waals surface area contributed by atoms with Crippen molar-refractivity contribution in [3.8, 4) is 0 Å². The fourth-order valence-electron chi connectivity index (χ4n) is 1.68. The zero-order chi connectivity index (χ0) is 12.4. The van der Waals surface area contributed by atoms with E-state index >= 15 is 0 Å². The van der Waals surface area contributed by atoms with Crippen LogP contribution >= 0.6 is 0 Å². The van der Waals surface area contributed by atoms with E-state index in [1.165, 1.54) is 6.07 Å². The van der Waals surface area contributed by atoms with Crippen LogP contribution in [0, 0.1) is 0 Å². The molecule has 1 aromatic carbocycles. The van der Waals surface area contributed by atoms with Crippen molar-refractivity contribution in [2.75, 3.05) is 6.61 Å².